The second kappa shape index (κ2) is 6.96. The summed E-state index contributed by atoms with van der Waals surface area (Å²) in [6, 6.07) is 13.9. The van der Waals surface area contributed by atoms with E-state index in [0.29, 0.717) is 34.1 Å². The van der Waals surface area contributed by atoms with Crippen LogP contribution in [0.3, 0.4) is 0 Å². The molecule has 25 heavy (non-hydrogen) atoms. The first kappa shape index (κ1) is 16.4. The van der Waals surface area contributed by atoms with Gasteiger partial charge in [0.2, 0.25) is 0 Å². The number of carboxylic acid groups (broad SMARTS) is 1. The van der Waals surface area contributed by atoms with Gasteiger partial charge < -0.3 is 9.84 Å². The molecule has 1 heterocycles. The number of carbonyl (C=O) groups excluding carboxylic acids is 1. The Balaban J connectivity index is 2.07. The lowest BCUT2D eigenvalue weighted by Gasteiger charge is -2.04. The number of nitrogens with zero attached hydrogens (tertiary/aromatic N) is 3. The number of aliphatic carboxylic acids is 1. The molecule has 2 aromatic carbocycles. The smallest absolute Gasteiger partial charge is 0.325 e. The van der Waals surface area contributed by atoms with Crippen molar-refractivity contribution in [1.82, 2.24) is 14.8 Å². The van der Waals surface area contributed by atoms with Gasteiger partial charge in [0.15, 0.2) is 11.6 Å². The second-order valence-electron chi connectivity index (χ2n) is 5.28. The normalized spacial score (nSPS) is 10.4. The van der Waals surface area contributed by atoms with Gasteiger partial charge in [0.1, 0.15) is 18.6 Å². The van der Waals surface area contributed by atoms with Crippen LogP contribution in [0, 0.1) is 0 Å². The molecular weight excluding hydrogens is 322 g/mol. The molecule has 7 heteroatoms. The summed E-state index contributed by atoms with van der Waals surface area (Å²) in [6.45, 7) is -0.318. The van der Waals surface area contributed by atoms with Crippen LogP contribution in [0.4, 0.5) is 0 Å². The lowest BCUT2D eigenvalue weighted by Crippen LogP contribution is -2.11. The molecule has 0 spiro atoms. The van der Waals surface area contributed by atoms with Crippen LogP contribution in [-0.2, 0) is 11.3 Å². The van der Waals surface area contributed by atoms with Gasteiger partial charge in [-0.3, -0.25) is 9.59 Å². The van der Waals surface area contributed by atoms with Crippen molar-refractivity contribution in [1.29, 1.82) is 0 Å². The topological polar surface area (TPSA) is 94.3 Å². The Bertz CT molecular complexity index is 916. The van der Waals surface area contributed by atoms with Crippen LogP contribution in [0.1, 0.15) is 10.4 Å². The van der Waals surface area contributed by atoms with Crippen LogP contribution in [0.5, 0.6) is 5.75 Å². The maximum absolute atomic E-state index is 11.1. The molecule has 0 saturated carbocycles. The van der Waals surface area contributed by atoms with Crippen molar-refractivity contribution in [2.24, 2.45) is 0 Å². The zero-order valence-corrected chi connectivity index (χ0v) is 13.4. The Morgan fingerprint density at radius 3 is 2.60 bits per heavy atom. The molecule has 0 amide bonds. The van der Waals surface area contributed by atoms with Crippen molar-refractivity contribution in [2.45, 2.75) is 6.54 Å². The van der Waals surface area contributed by atoms with E-state index in [1.807, 2.05) is 0 Å². The number of hydrogen-bond donors (Lipinski definition) is 1. The molecule has 7 nitrogen and oxygen atoms in total. The molecule has 0 unspecified atom stereocenters. The summed E-state index contributed by atoms with van der Waals surface area (Å²) in [6.07, 6.45) is 0.738. The van der Waals surface area contributed by atoms with Crippen LogP contribution in [0.25, 0.3) is 22.8 Å². The zero-order valence-electron chi connectivity index (χ0n) is 13.4. The summed E-state index contributed by atoms with van der Waals surface area (Å²) in [5, 5.41) is 13.4. The van der Waals surface area contributed by atoms with E-state index in [0.717, 1.165) is 6.29 Å². The molecule has 126 valence electrons. The molecule has 0 fully saturated rings. The lowest BCUT2D eigenvalue weighted by molar-refractivity contribution is -0.137. The minimum absolute atomic E-state index is 0.318. The first-order valence-electron chi connectivity index (χ1n) is 7.47. The summed E-state index contributed by atoms with van der Waals surface area (Å²) in [7, 11) is 1.57. The van der Waals surface area contributed by atoms with Gasteiger partial charge in [-0.05, 0) is 30.3 Å². The number of aromatic nitrogens is 3. The largest absolute Gasteiger partial charge is 0.497 e. The quantitative estimate of drug-likeness (QED) is 0.695. The Kier molecular flexibility index (Phi) is 4.56. The van der Waals surface area contributed by atoms with Crippen LogP contribution < -0.4 is 4.74 Å². The maximum Gasteiger partial charge on any atom is 0.325 e. The van der Waals surface area contributed by atoms with Crippen molar-refractivity contribution in [3.05, 3.63) is 54.1 Å². The average Bonchev–Trinajstić information content (AvgIpc) is 3.05. The van der Waals surface area contributed by atoms with E-state index in [4.69, 9.17) is 9.84 Å². The predicted molar refractivity (Wildman–Crippen MR) is 90.5 cm³/mol. The number of aldehydes is 1. The van der Waals surface area contributed by atoms with Gasteiger partial charge in [-0.25, -0.2) is 9.67 Å². The Morgan fingerprint density at radius 1 is 1.20 bits per heavy atom. The van der Waals surface area contributed by atoms with E-state index in [-0.39, 0.29) is 6.54 Å². The van der Waals surface area contributed by atoms with Gasteiger partial charge in [-0.1, -0.05) is 18.2 Å². The highest BCUT2D eigenvalue weighted by Gasteiger charge is 2.16. The number of carboxylic acids is 1. The fourth-order valence-corrected chi connectivity index (χ4v) is 2.41. The van der Waals surface area contributed by atoms with Crippen molar-refractivity contribution in [3.8, 4) is 28.5 Å². The van der Waals surface area contributed by atoms with Crippen LogP contribution in [0.2, 0.25) is 0 Å². The van der Waals surface area contributed by atoms with E-state index < -0.39 is 5.97 Å². The summed E-state index contributed by atoms with van der Waals surface area (Å²) in [5.74, 6) is 0.451. The number of benzene rings is 2. The summed E-state index contributed by atoms with van der Waals surface area (Å²) >= 11 is 0. The fraction of sp³-hybridized carbons (Fsp3) is 0.111. The number of rotatable bonds is 6. The van der Waals surface area contributed by atoms with E-state index in [2.05, 4.69) is 10.1 Å². The highest BCUT2D eigenvalue weighted by molar-refractivity contribution is 5.78. The van der Waals surface area contributed by atoms with Crippen LogP contribution in [0.15, 0.2) is 48.5 Å². The highest BCUT2D eigenvalue weighted by atomic mass is 16.5. The molecule has 1 aromatic heterocycles. The molecule has 0 bridgehead atoms. The van der Waals surface area contributed by atoms with Crippen LogP contribution >= 0.6 is 0 Å². The molecule has 0 saturated heterocycles. The van der Waals surface area contributed by atoms with E-state index in [9.17, 15) is 9.59 Å². The Labute approximate surface area is 143 Å². The molecule has 3 rings (SSSR count). The first-order chi connectivity index (χ1) is 12.1. The van der Waals surface area contributed by atoms with Gasteiger partial charge in [0.25, 0.3) is 0 Å². The van der Waals surface area contributed by atoms with Gasteiger partial charge in [-0.15, -0.1) is 5.10 Å². The third kappa shape index (κ3) is 3.55. The minimum Gasteiger partial charge on any atom is -0.497 e. The van der Waals surface area contributed by atoms with Crippen LogP contribution in [-0.4, -0.2) is 39.2 Å². The molecule has 0 aliphatic carbocycles. The van der Waals surface area contributed by atoms with Crippen molar-refractivity contribution < 1.29 is 19.4 Å². The number of carbonyl (C=O) groups is 2. The minimum atomic E-state index is -1.02. The fourth-order valence-electron chi connectivity index (χ4n) is 2.41. The molecule has 0 radical (unpaired) electrons. The Morgan fingerprint density at radius 2 is 1.96 bits per heavy atom. The highest BCUT2D eigenvalue weighted by Crippen LogP contribution is 2.24. The van der Waals surface area contributed by atoms with E-state index in [1.54, 1.807) is 55.6 Å². The van der Waals surface area contributed by atoms with Crippen molar-refractivity contribution in [2.75, 3.05) is 7.11 Å². The lowest BCUT2D eigenvalue weighted by atomic mass is 10.1. The molecule has 1 N–H and O–H groups in total. The summed E-state index contributed by atoms with van der Waals surface area (Å²) < 4.78 is 6.46. The SMILES string of the molecule is COc1ccc(-c2nc(-c3cccc(C=O)c3)nn2CC(=O)O)cc1. The monoisotopic (exact) mass is 337 g/mol. The second-order valence-corrected chi connectivity index (χ2v) is 5.28. The molecular formula is C18H15N3O4. The van der Waals surface area contributed by atoms with Crippen molar-refractivity contribution >= 4 is 12.3 Å². The Hall–Kier alpha value is -3.48. The maximum atomic E-state index is 11.1. The third-order valence-electron chi connectivity index (χ3n) is 3.59. The van der Waals surface area contributed by atoms with E-state index in [1.165, 1.54) is 4.68 Å². The number of ether oxygens (including phenoxy) is 1. The average molecular weight is 337 g/mol. The molecule has 0 atom stereocenters. The number of methoxy groups -OCH3 is 1. The first-order valence-corrected chi connectivity index (χ1v) is 7.47. The zero-order chi connectivity index (χ0) is 17.8. The molecule has 3 aromatic rings. The van der Waals surface area contributed by atoms with Crippen molar-refractivity contribution in [3.63, 3.8) is 0 Å². The standard InChI is InChI=1S/C18H15N3O4/c1-25-15-7-5-13(6-8-15)18-19-17(20-21(18)10-16(23)24)14-4-2-3-12(9-14)11-22/h2-9,11H,10H2,1H3,(H,23,24). The third-order valence-corrected chi connectivity index (χ3v) is 3.59. The molecule has 0 aliphatic rings. The number of hydrogen-bond acceptors (Lipinski definition) is 5. The summed E-state index contributed by atoms with van der Waals surface area (Å²) in [5.41, 5.74) is 1.86. The van der Waals surface area contributed by atoms with Gasteiger partial charge in [0.05, 0.1) is 7.11 Å². The van der Waals surface area contributed by atoms with E-state index >= 15 is 0 Å². The van der Waals surface area contributed by atoms with Gasteiger partial charge in [0, 0.05) is 16.7 Å². The molecule has 0 aliphatic heterocycles. The van der Waals surface area contributed by atoms with Gasteiger partial charge >= 0.3 is 5.97 Å². The van der Waals surface area contributed by atoms with Gasteiger partial charge in [-0.2, -0.15) is 0 Å². The predicted octanol–water partition coefficient (Wildman–Crippen LogP) is 2.52. The summed E-state index contributed by atoms with van der Waals surface area (Å²) in [4.78, 5) is 26.6.